The van der Waals surface area contributed by atoms with Crippen molar-refractivity contribution in [2.24, 2.45) is 0 Å². The van der Waals surface area contributed by atoms with Gasteiger partial charge in [-0.25, -0.2) is 0 Å². The van der Waals surface area contributed by atoms with Crippen molar-refractivity contribution in [3.05, 3.63) is 35.9 Å². The summed E-state index contributed by atoms with van der Waals surface area (Å²) in [6, 6.07) is 9.46. The standard InChI is InChI=1S/C15H23NO3/c1-15(19-2,13-9-5-3-6-10-13)14(18)16-11-7-4-8-12-17/h3,5-6,9-10,17H,4,7-8,11-12H2,1-2H3,(H,16,18). The van der Waals surface area contributed by atoms with Crippen LogP contribution in [-0.2, 0) is 15.1 Å². The fraction of sp³-hybridized carbons (Fsp3) is 0.533. The Hall–Kier alpha value is -1.39. The molecule has 0 aliphatic heterocycles. The van der Waals surface area contributed by atoms with Gasteiger partial charge in [0.05, 0.1) is 0 Å². The van der Waals surface area contributed by atoms with Crippen LogP contribution >= 0.6 is 0 Å². The molecule has 19 heavy (non-hydrogen) atoms. The van der Waals surface area contributed by atoms with Crippen molar-refractivity contribution >= 4 is 5.91 Å². The lowest BCUT2D eigenvalue weighted by molar-refractivity contribution is -0.142. The van der Waals surface area contributed by atoms with Gasteiger partial charge in [-0.1, -0.05) is 30.3 Å². The number of carbonyl (C=O) groups excluding carboxylic acids is 1. The number of nitrogens with one attached hydrogen (secondary N) is 1. The van der Waals surface area contributed by atoms with Crippen LogP contribution in [0.1, 0.15) is 31.7 Å². The quantitative estimate of drug-likeness (QED) is 0.705. The molecule has 0 bridgehead atoms. The normalized spacial score (nSPS) is 13.8. The number of aliphatic hydroxyl groups excluding tert-OH is 1. The van der Waals surface area contributed by atoms with E-state index in [1.54, 1.807) is 14.0 Å². The average molecular weight is 265 g/mol. The lowest BCUT2D eigenvalue weighted by Crippen LogP contribution is -2.44. The summed E-state index contributed by atoms with van der Waals surface area (Å²) in [7, 11) is 1.54. The van der Waals surface area contributed by atoms with Crippen molar-refractivity contribution in [3.8, 4) is 0 Å². The number of carbonyl (C=O) groups is 1. The van der Waals surface area contributed by atoms with Crippen LogP contribution in [0.3, 0.4) is 0 Å². The van der Waals surface area contributed by atoms with Crippen molar-refractivity contribution in [2.75, 3.05) is 20.3 Å². The highest BCUT2D eigenvalue weighted by molar-refractivity contribution is 5.86. The van der Waals surface area contributed by atoms with Gasteiger partial charge in [0.1, 0.15) is 0 Å². The number of aliphatic hydroxyl groups is 1. The van der Waals surface area contributed by atoms with Crippen LogP contribution in [0.25, 0.3) is 0 Å². The third kappa shape index (κ3) is 4.33. The number of hydrogen-bond acceptors (Lipinski definition) is 3. The van der Waals surface area contributed by atoms with Gasteiger partial charge in [0, 0.05) is 20.3 Å². The maximum Gasteiger partial charge on any atom is 0.256 e. The van der Waals surface area contributed by atoms with Crippen LogP contribution in [-0.4, -0.2) is 31.3 Å². The van der Waals surface area contributed by atoms with Crippen LogP contribution in [0.4, 0.5) is 0 Å². The summed E-state index contributed by atoms with van der Waals surface area (Å²) in [5, 5.41) is 11.6. The van der Waals surface area contributed by atoms with Gasteiger partial charge in [0.15, 0.2) is 5.60 Å². The molecule has 0 aliphatic rings. The second-order valence-corrected chi connectivity index (χ2v) is 4.64. The smallest absolute Gasteiger partial charge is 0.256 e. The van der Waals surface area contributed by atoms with E-state index in [-0.39, 0.29) is 12.5 Å². The van der Waals surface area contributed by atoms with E-state index in [2.05, 4.69) is 5.32 Å². The van der Waals surface area contributed by atoms with Gasteiger partial charge < -0.3 is 15.2 Å². The Morgan fingerprint density at radius 2 is 1.95 bits per heavy atom. The van der Waals surface area contributed by atoms with E-state index in [0.29, 0.717) is 6.54 Å². The van der Waals surface area contributed by atoms with Crippen molar-refractivity contribution < 1.29 is 14.6 Å². The number of amides is 1. The first-order valence-corrected chi connectivity index (χ1v) is 6.65. The minimum atomic E-state index is -0.960. The van der Waals surface area contributed by atoms with Crippen LogP contribution in [0.15, 0.2) is 30.3 Å². The molecule has 0 saturated carbocycles. The Kier molecular flexibility index (Phi) is 6.53. The lowest BCUT2D eigenvalue weighted by atomic mass is 9.94. The molecule has 0 saturated heterocycles. The summed E-state index contributed by atoms with van der Waals surface area (Å²) < 4.78 is 5.41. The fourth-order valence-electron chi connectivity index (χ4n) is 1.88. The third-order valence-corrected chi connectivity index (χ3v) is 3.29. The Morgan fingerprint density at radius 1 is 1.26 bits per heavy atom. The van der Waals surface area contributed by atoms with Crippen molar-refractivity contribution in [3.63, 3.8) is 0 Å². The zero-order chi connectivity index (χ0) is 14.1. The molecule has 0 heterocycles. The van der Waals surface area contributed by atoms with Gasteiger partial charge in [0.2, 0.25) is 0 Å². The lowest BCUT2D eigenvalue weighted by Gasteiger charge is -2.27. The molecule has 1 amide bonds. The number of methoxy groups -OCH3 is 1. The molecule has 1 rings (SSSR count). The number of rotatable bonds is 8. The van der Waals surface area contributed by atoms with Crippen LogP contribution in [0.2, 0.25) is 0 Å². The van der Waals surface area contributed by atoms with Gasteiger partial charge in [-0.3, -0.25) is 4.79 Å². The second-order valence-electron chi connectivity index (χ2n) is 4.64. The summed E-state index contributed by atoms with van der Waals surface area (Å²) in [5.74, 6) is -0.134. The predicted octanol–water partition coefficient (Wildman–Crippen LogP) is 1.83. The first-order valence-electron chi connectivity index (χ1n) is 6.65. The van der Waals surface area contributed by atoms with Gasteiger partial charge >= 0.3 is 0 Å². The zero-order valence-electron chi connectivity index (χ0n) is 11.7. The van der Waals surface area contributed by atoms with E-state index in [4.69, 9.17) is 9.84 Å². The molecule has 0 aromatic heterocycles. The largest absolute Gasteiger partial charge is 0.396 e. The molecule has 106 valence electrons. The highest BCUT2D eigenvalue weighted by atomic mass is 16.5. The van der Waals surface area contributed by atoms with Gasteiger partial charge in [-0.2, -0.15) is 0 Å². The molecular formula is C15H23NO3. The highest BCUT2D eigenvalue weighted by Gasteiger charge is 2.34. The molecule has 1 aromatic rings. The highest BCUT2D eigenvalue weighted by Crippen LogP contribution is 2.24. The van der Waals surface area contributed by atoms with Crippen LogP contribution < -0.4 is 5.32 Å². The number of hydrogen-bond donors (Lipinski definition) is 2. The van der Waals surface area contributed by atoms with Gasteiger partial charge in [0.25, 0.3) is 5.91 Å². The van der Waals surface area contributed by atoms with Gasteiger partial charge in [-0.05, 0) is 31.7 Å². The Morgan fingerprint density at radius 3 is 2.53 bits per heavy atom. The minimum absolute atomic E-state index is 0.134. The first kappa shape index (κ1) is 15.7. The second kappa shape index (κ2) is 7.92. The molecule has 0 spiro atoms. The van der Waals surface area contributed by atoms with Crippen molar-refractivity contribution in [1.82, 2.24) is 5.32 Å². The molecule has 2 N–H and O–H groups in total. The Balaban J connectivity index is 2.56. The molecule has 1 atom stereocenters. The van der Waals surface area contributed by atoms with E-state index < -0.39 is 5.60 Å². The first-order chi connectivity index (χ1) is 9.15. The summed E-state index contributed by atoms with van der Waals surface area (Å²) in [6.45, 7) is 2.57. The summed E-state index contributed by atoms with van der Waals surface area (Å²) >= 11 is 0. The van der Waals surface area contributed by atoms with E-state index >= 15 is 0 Å². The molecule has 0 aliphatic carbocycles. The average Bonchev–Trinajstić information content (AvgIpc) is 2.46. The van der Waals surface area contributed by atoms with Crippen molar-refractivity contribution in [2.45, 2.75) is 31.8 Å². The molecule has 1 aromatic carbocycles. The predicted molar refractivity (Wildman–Crippen MR) is 74.7 cm³/mol. The summed E-state index contributed by atoms with van der Waals surface area (Å²) in [4.78, 5) is 12.2. The number of unbranched alkanes of at least 4 members (excludes halogenated alkanes) is 2. The Bertz CT molecular complexity index is 380. The van der Waals surface area contributed by atoms with Gasteiger partial charge in [-0.15, -0.1) is 0 Å². The molecule has 4 heteroatoms. The summed E-state index contributed by atoms with van der Waals surface area (Å²) in [6.07, 6.45) is 2.54. The SMILES string of the molecule is COC(C)(C(=O)NCCCCCO)c1ccccc1. The topological polar surface area (TPSA) is 58.6 Å². The summed E-state index contributed by atoms with van der Waals surface area (Å²) in [5.41, 5.74) is -0.122. The van der Waals surface area contributed by atoms with Crippen molar-refractivity contribution in [1.29, 1.82) is 0 Å². The Labute approximate surface area is 114 Å². The van der Waals surface area contributed by atoms with Crippen LogP contribution in [0, 0.1) is 0 Å². The minimum Gasteiger partial charge on any atom is -0.396 e. The van der Waals surface area contributed by atoms with Crippen LogP contribution in [0.5, 0.6) is 0 Å². The van der Waals surface area contributed by atoms with E-state index in [1.165, 1.54) is 0 Å². The number of benzene rings is 1. The monoisotopic (exact) mass is 265 g/mol. The molecule has 0 fully saturated rings. The molecule has 0 radical (unpaired) electrons. The molecule has 4 nitrogen and oxygen atoms in total. The zero-order valence-corrected chi connectivity index (χ0v) is 11.7. The maximum absolute atomic E-state index is 12.2. The molecular weight excluding hydrogens is 242 g/mol. The van der Waals surface area contributed by atoms with E-state index in [9.17, 15) is 4.79 Å². The van der Waals surface area contributed by atoms with E-state index in [1.807, 2.05) is 30.3 Å². The third-order valence-electron chi connectivity index (χ3n) is 3.29. The fourth-order valence-corrected chi connectivity index (χ4v) is 1.88. The number of ether oxygens (including phenoxy) is 1. The molecule has 1 unspecified atom stereocenters. The van der Waals surface area contributed by atoms with E-state index in [0.717, 1.165) is 24.8 Å². The maximum atomic E-state index is 12.2.